The fourth-order valence-electron chi connectivity index (χ4n) is 1.97. The lowest BCUT2D eigenvalue weighted by molar-refractivity contribution is -0.118. The van der Waals surface area contributed by atoms with Gasteiger partial charge >= 0.3 is 0 Å². The molecule has 0 radical (unpaired) electrons. The first-order chi connectivity index (χ1) is 7.72. The molecule has 2 aromatic rings. The Hall–Kier alpha value is -1.61. The molecule has 0 aliphatic carbocycles. The lowest BCUT2D eigenvalue weighted by atomic mass is 10.0. The van der Waals surface area contributed by atoms with Gasteiger partial charge in [0.05, 0.1) is 6.04 Å². The number of carbonyl (C=O) groups is 1. The minimum atomic E-state index is -0.0980. The van der Waals surface area contributed by atoms with E-state index in [0.29, 0.717) is 0 Å². The van der Waals surface area contributed by atoms with Crippen molar-refractivity contribution in [3.05, 3.63) is 36.0 Å². The molecule has 1 atom stereocenters. The highest BCUT2D eigenvalue weighted by Crippen LogP contribution is 2.19. The number of fused-ring (bicyclic) bond motifs is 1. The summed E-state index contributed by atoms with van der Waals surface area (Å²) in [4.78, 5) is 14.6. The van der Waals surface area contributed by atoms with Crippen LogP contribution in [0.25, 0.3) is 10.9 Å². The number of nitrogens with one attached hydrogen (secondary N) is 2. The van der Waals surface area contributed by atoms with Crippen LogP contribution in [0.5, 0.6) is 0 Å². The second-order valence-electron chi connectivity index (χ2n) is 4.02. The van der Waals surface area contributed by atoms with Gasteiger partial charge in [0, 0.05) is 18.5 Å². The predicted molar refractivity (Wildman–Crippen MR) is 67.6 cm³/mol. The lowest BCUT2D eigenvalue weighted by Gasteiger charge is -2.11. The van der Waals surface area contributed by atoms with Crippen LogP contribution in [0.2, 0.25) is 0 Å². The summed E-state index contributed by atoms with van der Waals surface area (Å²) in [5.41, 5.74) is 2.31. The lowest BCUT2D eigenvalue weighted by Crippen LogP contribution is -2.34. The first-order valence-electron chi connectivity index (χ1n) is 5.45. The smallest absolute Gasteiger partial charge is 0.147 e. The van der Waals surface area contributed by atoms with Crippen molar-refractivity contribution in [2.45, 2.75) is 19.4 Å². The summed E-state index contributed by atoms with van der Waals surface area (Å²) in [6.07, 6.45) is 2.72. The molecule has 3 heteroatoms. The Balaban J connectivity index is 0.00000144. The molecule has 0 saturated carbocycles. The van der Waals surface area contributed by atoms with Crippen molar-refractivity contribution in [1.82, 2.24) is 10.3 Å². The van der Waals surface area contributed by atoms with Crippen LogP contribution in [0.15, 0.2) is 30.5 Å². The molecule has 0 bridgehead atoms. The van der Waals surface area contributed by atoms with Gasteiger partial charge in [-0.15, -0.1) is 0 Å². The zero-order valence-corrected chi connectivity index (χ0v) is 9.58. The number of aromatic amines is 1. The summed E-state index contributed by atoms with van der Waals surface area (Å²) in [5.74, 6) is 0.174. The minimum Gasteiger partial charge on any atom is -0.361 e. The second kappa shape index (κ2) is 4.49. The van der Waals surface area contributed by atoms with Crippen LogP contribution in [0, 0.1) is 0 Å². The maximum Gasteiger partial charge on any atom is 0.147 e. The predicted octanol–water partition coefficient (Wildman–Crippen LogP) is 2.13. The molecule has 1 aromatic carbocycles. The molecular formula is C13H18N2O. The monoisotopic (exact) mass is 218 g/mol. The van der Waals surface area contributed by atoms with E-state index in [-0.39, 0.29) is 13.3 Å². The molecule has 86 valence electrons. The largest absolute Gasteiger partial charge is 0.361 e. The Morgan fingerprint density at radius 2 is 2.25 bits per heavy atom. The fourth-order valence-corrected chi connectivity index (χ4v) is 1.97. The van der Waals surface area contributed by atoms with Gasteiger partial charge in [0.15, 0.2) is 0 Å². The van der Waals surface area contributed by atoms with Crippen molar-refractivity contribution in [2.24, 2.45) is 0 Å². The van der Waals surface area contributed by atoms with Crippen LogP contribution in [-0.4, -0.2) is 23.9 Å². The standard InChI is InChI=1S/C13H16N2O.H2/c1-9(16)13(14-2)7-10-8-15-12-6-4-3-5-11(10)12;/h3-6,8,13-15H,7H2,1-2H3;1H. The summed E-state index contributed by atoms with van der Waals surface area (Å²) in [7, 11) is 1.82. The number of Topliss-reactive ketones (excluding diaryl/α,β-unsaturated/α-hetero) is 1. The molecule has 0 fully saturated rings. The summed E-state index contributed by atoms with van der Waals surface area (Å²) < 4.78 is 0. The van der Waals surface area contributed by atoms with Crippen molar-refractivity contribution < 1.29 is 6.22 Å². The SMILES string of the molecule is CNC(Cc1c[nH]c2ccccc12)C(C)=O.[HH]. The molecule has 0 saturated heterocycles. The highest BCUT2D eigenvalue weighted by molar-refractivity contribution is 5.86. The van der Waals surface area contributed by atoms with Gasteiger partial charge < -0.3 is 10.3 Å². The zero-order valence-electron chi connectivity index (χ0n) is 9.58. The molecular weight excluding hydrogens is 200 g/mol. The highest BCUT2D eigenvalue weighted by Gasteiger charge is 2.14. The van der Waals surface area contributed by atoms with E-state index < -0.39 is 0 Å². The Labute approximate surface area is 96.3 Å². The Kier molecular flexibility index (Phi) is 3.06. The number of benzene rings is 1. The van der Waals surface area contributed by atoms with E-state index in [2.05, 4.69) is 16.4 Å². The molecule has 1 aromatic heterocycles. The van der Waals surface area contributed by atoms with Gasteiger partial charge in [0.2, 0.25) is 0 Å². The number of rotatable bonds is 4. The van der Waals surface area contributed by atoms with E-state index in [1.54, 1.807) is 6.92 Å². The average Bonchev–Trinajstić information content (AvgIpc) is 2.69. The van der Waals surface area contributed by atoms with Crippen LogP contribution in [0.1, 0.15) is 13.9 Å². The summed E-state index contributed by atoms with van der Waals surface area (Å²) >= 11 is 0. The Morgan fingerprint density at radius 3 is 2.94 bits per heavy atom. The summed E-state index contributed by atoms with van der Waals surface area (Å²) in [5, 5.41) is 4.24. The molecule has 0 aliphatic rings. The summed E-state index contributed by atoms with van der Waals surface area (Å²) in [6.45, 7) is 1.62. The third kappa shape index (κ3) is 1.99. The zero-order chi connectivity index (χ0) is 11.5. The topological polar surface area (TPSA) is 44.9 Å². The number of ketones is 1. The van der Waals surface area contributed by atoms with E-state index in [4.69, 9.17) is 0 Å². The van der Waals surface area contributed by atoms with Crippen LogP contribution >= 0.6 is 0 Å². The molecule has 0 amide bonds. The number of hydrogen-bond donors (Lipinski definition) is 2. The number of aromatic nitrogens is 1. The maximum absolute atomic E-state index is 11.4. The molecule has 2 N–H and O–H groups in total. The van der Waals surface area contributed by atoms with Crippen molar-refractivity contribution in [3.8, 4) is 0 Å². The van der Waals surface area contributed by atoms with E-state index in [9.17, 15) is 4.79 Å². The van der Waals surface area contributed by atoms with Crippen LogP contribution in [0.3, 0.4) is 0 Å². The second-order valence-corrected chi connectivity index (χ2v) is 4.02. The minimum absolute atomic E-state index is 0. The molecule has 0 aliphatic heterocycles. The van der Waals surface area contributed by atoms with Crippen LogP contribution in [0.4, 0.5) is 0 Å². The molecule has 1 heterocycles. The van der Waals surface area contributed by atoms with E-state index in [1.165, 1.54) is 10.9 Å². The number of hydrogen-bond acceptors (Lipinski definition) is 2. The average molecular weight is 218 g/mol. The van der Waals surface area contributed by atoms with Crippen LogP contribution in [-0.2, 0) is 11.2 Å². The van der Waals surface area contributed by atoms with Crippen molar-refractivity contribution in [2.75, 3.05) is 7.05 Å². The van der Waals surface area contributed by atoms with Gasteiger partial charge in [-0.1, -0.05) is 18.2 Å². The maximum atomic E-state index is 11.4. The number of para-hydroxylation sites is 1. The van der Waals surface area contributed by atoms with Gasteiger partial charge in [-0.05, 0) is 32.0 Å². The van der Waals surface area contributed by atoms with Crippen molar-refractivity contribution in [1.29, 1.82) is 0 Å². The number of H-pyrrole nitrogens is 1. The number of carbonyl (C=O) groups excluding carboxylic acids is 1. The van der Waals surface area contributed by atoms with Gasteiger partial charge in [-0.25, -0.2) is 0 Å². The van der Waals surface area contributed by atoms with Gasteiger partial charge in [-0.3, -0.25) is 4.79 Å². The van der Waals surface area contributed by atoms with E-state index >= 15 is 0 Å². The van der Waals surface area contributed by atoms with Gasteiger partial charge in [-0.2, -0.15) is 0 Å². The van der Waals surface area contributed by atoms with Gasteiger partial charge in [0.25, 0.3) is 0 Å². The van der Waals surface area contributed by atoms with E-state index in [0.717, 1.165) is 11.9 Å². The quantitative estimate of drug-likeness (QED) is 0.825. The molecule has 1 unspecified atom stereocenters. The van der Waals surface area contributed by atoms with Crippen LogP contribution < -0.4 is 5.32 Å². The van der Waals surface area contributed by atoms with Crippen molar-refractivity contribution in [3.63, 3.8) is 0 Å². The third-order valence-electron chi connectivity index (χ3n) is 2.94. The highest BCUT2D eigenvalue weighted by atomic mass is 16.1. The summed E-state index contributed by atoms with van der Waals surface area (Å²) in [6, 6.07) is 8.04. The molecule has 16 heavy (non-hydrogen) atoms. The van der Waals surface area contributed by atoms with E-state index in [1.807, 2.05) is 31.4 Å². The normalized spacial score (nSPS) is 12.9. The molecule has 0 spiro atoms. The first-order valence-corrected chi connectivity index (χ1v) is 5.45. The first kappa shape index (κ1) is 10.9. The Morgan fingerprint density at radius 1 is 1.50 bits per heavy atom. The molecule has 2 rings (SSSR count). The number of likely N-dealkylation sites (N-methyl/N-ethyl adjacent to an activating group) is 1. The third-order valence-corrected chi connectivity index (χ3v) is 2.94. The van der Waals surface area contributed by atoms with Crippen molar-refractivity contribution >= 4 is 16.7 Å². The molecule has 3 nitrogen and oxygen atoms in total. The van der Waals surface area contributed by atoms with Gasteiger partial charge in [0.1, 0.15) is 5.78 Å². The Bertz CT molecular complexity index is 507. The fraction of sp³-hybridized carbons (Fsp3) is 0.308.